The molecule has 1 amide bonds. The Hall–Kier alpha value is -1.35. The van der Waals surface area contributed by atoms with Crippen molar-refractivity contribution in [3.63, 3.8) is 0 Å². The third kappa shape index (κ3) is 3.16. The molecule has 2 N–H and O–H groups in total. The molecule has 104 valence electrons. The Bertz CT molecular complexity index is 448. The summed E-state index contributed by atoms with van der Waals surface area (Å²) < 4.78 is 0. The van der Waals surface area contributed by atoms with Gasteiger partial charge in [0, 0.05) is 12.2 Å². The molecule has 1 aliphatic heterocycles. The molecular formula is C16H24N2O. The molecule has 0 spiro atoms. The Kier molecular flexibility index (Phi) is 4.25. The van der Waals surface area contributed by atoms with Crippen LogP contribution < -0.4 is 10.6 Å². The second kappa shape index (κ2) is 5.74. The van der Waals surface area contributed by atoms with E-state index < -0.39 is 0 Å². The molecule has 19 heavy (non-hydrogen) atoms. The summed E-state index contributed by atoms with van der Waals surface area (Å²) >= 11 is 0. The number of amides is 1. The lowest BCUT2D eigenvalue weighted by Gasteiger charge is -2.33. The molecule has 0 radical (unpaired) electrons. The summed E-state index contributed by atoms with van der Waals surface area (Å²) in [6, 6.07) is 8.08. The van der Waals surface area contributed by atoms with Gasteiger partial charge in [-0.15, -0.1) is 0 Å². The zero-order valence-electron chi connectivity index (χ0n) is 12.1. The number of nitrogens with one attached hydrogen (secondary N) is 2. The summed E-state index contributed by atoms with van der Waals surface area (Å²) in [5.74, 6) is 0.543. The lowest BCUT2D eigenvalue weighted by Crippen LogP contribution is -2.46. The summed E-state index contributed by atoms with van der Waals surface area (Å²) in [6.07, 6.45) is 2.02. The molecule has 1 saturated heterocycles. The van der Waals surface area contributed by atoms with Crippen molar-refractivity contribution in [2.24, 2.45) is 5.41 Å². The minimum atomic E-state index is -0.289. The van der Waals surface area contributed by atoms with Gasteiger partial charge in [-0.3, -0.25) is 4.79 Å². The van der Waals surface area contributed by atoms with Crippen molar-refractivity contribution in [3.8, 4) is 0 Å². The van der Waals surface area contributed by atoms with Crippen molar-refractivity contribution in [1.29, 1.82) is 0 Å². The molecule has 1 unspecified atom stereocenters. The van der Waals surface area contributed by atoms with Crippen molar-refractivity contribution < 1.29 is 4.79 Å². The molecule has 1 atom stereocenters. The minimum Gasteiger partial charge on any atom is -0.325 e. The first-order valence-electron chi connectivity index (χ1n) is 7.14. The zero-order chi connectivity index (χ0) is 13.9. The van der Waals surface area contributed by atoms with Gasteiger partial charge < -0.3 is 10.6 Å². The van der Waals surface area contributed by atoms with E-state index in [0.717, 1.165) is 31.6 Å². The Morgan fingerprint density at radius 3 is 2.74 bits per heavy atom. The van der Waals surface area contributed by atoms with Gasteiger partial charge in [0.1, 0.15) is 0 Å². The molecule has 0 aromatic heterocycles. The fraction of sp³-hybridized carbons (Fsp3) is 0.562. The van der Waals surface area contributed by atoms with Gasteiger partial charge in [0.15, 0.2) is 0 Å². The van der Waals surface area contributed by atoms with E-state index in [-0.39, 0.29) is 11.3 Å². The van der Waals surface area contributed by atoms with Gasteiger partial charge in [-0.2, -0.15) is 0 Å². The molecule has 3 heteroatoms. The van der Waals surface area contributed by atoms with E-state index in [1.165, 1.54) is 5.56 Å². The molecular weight excluding hydrogens is 236 g/mol. The van der Waals surface area contributed by atoms with Crippen molar-refractivity contribution >= 4 is 11.6 Å². The maximum atomic E-state index is 12.5. The molecule has 1 heterocycles. The van der Waals surface area contributed by atoms with Gasteiger partial charge in [-0.1, -0.05) is 32.0 Å². The number of rotatable bonds is 3. The quantitative estimate of drug-likeness (QED) is 0.876. The molecule has 3 nitrogen and oxygen atoms in total. The van der Waals surface area contributed by atoms with E-state index >= 15 is 0 Å². The van der Waals surface area contributed by atoms with E-state index in [4.69, 9.17) is 0 Å². The summed E-state index contributed by atoms with van der Waals surface area (Å²) in [6.45, 7) is 8.13. The van der Waals surface area contributed by atoms with Gasteiger partial charge in [-0.25, -0.2) is 0 Å². The van der Waals surface area contributed by atoms with Crippen molar-refractivity contribution in [2.45, 2.75) is 39.5 Å². The van der Waals surface area contributed by atoms with Crippen LogP contribution in [0.25, 0.3) is 0 Å². The number of para-hydroxylation sites is 1. The number of benzene rings is 1. The van der Waals surface area contributed by atoms with Crippen LogP contribution in [-0.4, -0.2) is 19.0 Å². The van der Waals surface area contributed by atoms with Crippen molar-refractivity contribution in [1.82, 2.24) is 5.32 Å². The monoisotopic (exact) mass is 260 g/mol. The number of hydrogen-bond donors (Lipinski definition) is 2. The molecule has 2 rings (SSSR count). The number of carbonyl (C=O) groups is 1. The second-order valence-electron chi connectivity index (χ2n) is 6.04. The summed E-state index contributed by atoms with van der Waals surface area (Å²) in [4.78, 5) is 12.5. The van der Waals surface area contributed by atoms with E-state index in [1.807, 2.05) is 25.1 Å². The minimum absolute atomic E-state index is 0.132. The largest absolute Gasteiger partial charge is 0.325 e. The van der Waals surface area contributed by atoms with E-state index in [0.29, 0.717) is 5.92 Å². The number of anilines is 1. The lowest BCUT2D eigenvalue weighted by atomic mass is 9.81. The highest BCUT2D eigenvalue weighted by Crippen LogP contribution is 2.29. The van der Waals surface area contributed by atoms with E-state index in [9.17, 15) is 4.79 Å². The Balaban J connectivity index is 2.14. The fourth-order valence-corrected chi connectivity index (χ4v) is 2.64. The first-order chi connectivity index (χ1) is 9.03. The predicted octanol–water partition coefficient (Wildman–Crippen LogP) is 3.14. The molecule has 1 fully saturated rings. The average molecular weight is 260 g/mol. The molecule has 0 aliphatic carbocycles. The molecule has 1 aliphatic rings. The number of piperidine rings is 1. The van der Waals surface area contributed by atoms with Crippen LogP contribution in [0.5, 0.6) is 0 Å². The standard InChI is InChI=1S/C16H24N2O/c1-12(2)13-7-4-5-8-14(13)18-15(19)16(3)9-6-10-17-11-16/h4-5,7-8,12,17H,6,9-11H2,1-3H3,(H,18,19). The highest BCUT2D eigenvalue weighted by atomic mass is 16.2. The normalized spacial score (nSPS) is 23.4. The Morgan fingerprint density at radius 1 is 1.37 bits per heavy atom. The van der Waals surface area contributed by atoms with E-state index in [2.05, 4.69) is 30.5 Å². The number of hydrogen-bond acceptors (Lipinski definition) is 2. The van der Waals surface area contributed by atoms with Crippen LogP contribution in [0.1, 0.15) is 45.1 Å². The molecule has 0 saturated carbocycles. The van der Waals surface area contributed by atoms with Crippen LogP contribution in [0, 0.1) is 5.41 Å². The summed E-state index contributed by atoms with van der Waals surface area (Å²) in [7, 11) is 0. The van der Waals surface area contributed by atoms with Gasteiger partial charge in [0.25, 0.3) is 0 Å². The van der Waals surface area contributed by atoms with Gasteiger partial charge in [-0.05, 0) is 43.9 Å². The predicted molar refractivity (Wildman–Crippen MR) is 79.4 cm³/mol. The fourth-order valence-electron chi connectivity index (χ4n) is 2.64. The Labute approximate surface area is 115 Å². The average Bonchev–Trinajstić information content (AvgIpc) is 2.40. The maximum absolute atomic E-state index is 12.5. The zero-order valence-corrected chi connectivity index (χ0v) is 12.1. The molecule has 0 bridgehead atoms. The molecule has 1 aromatic rings. The third-order valence-corrected chi connectivity index (χ3v) is 3.98. The highest BCUT2D eigenvalue weighted by molar-refractivity contribution is 5.96. The maximum Gasteiger partial charge on any atom is 0.231 e. The summed E-state index contributed by atoms with van der Waals surface area (Å²) in [5.41, 5.74) is 1.86. The van der Waals surface area contributed by atoms with Crippen LogP contribution in [-0.2, 0) is 4.79 Å². The van der Waals surface area contributed by atoms with Crippen molar-refractivity contribution in [3.05, 3.63) is 29.8 Å². The Morgan fingerprint density at radius 2 is 2.11 bits per heavy atom. The highest BCUT2D eigenvalue weighted by Gasteiger charge is 2.34. The van der Waals surface area contributed by atoms with Crippen LogP contribution in [0.4, 0.5) is 5.69 Å². The van der Waals surface area contributed by atoms with Crippen molar-refractivity contribution in [2.75, 3.05) is 18.4 Å². The SMILES string of the molecule is CC(C)c1ccccc1NC(=O)C1(C)CCCNC1. The lowest BCUT2D eigenvalue weighted by molar-refractivity contribution is -0.125. The van der Waals surface area contributed by atoms with Gasteiger partial charge in [0.05, 0.1) is 5.41 Å². The van der Waals surface area contributed by atoms with Gasteiger partial charge >= 0.3 is 0 Å². The third-order valence-electron chi connectivity index (χ3n) is 3.98. The van der Waals surface area contributed by atoms with Crippen LogP contribution in [0.15, 0.2) is 24.3 Å². The van der Waals surface area contributed by atoms with Gasteiger partial charge in [0.2, 0.25) is 5.91 Å². The topological polar surface area (TPSA) is 41.1 Å². The van der Waals surface area contributed by atoms with E-state index in [1.54, 1.807) is 0 Å². The number of carbonyl (C=O) groups excluding carboxylic acids is 1. The first-order valence-corrected chi connectivity index (χ1v) is 7.14. The second-order valence-corrected chi connectivity index (χ2v) is 6.04. The van der Waals surface area contributed by atoms with Crippen LogP contribution in [0.2, 0.25) is 0 Å². The molecule has 1 aromatic carbocycles. The van der Waals surface area contributed by atoms with Crippen LogP contribution >= 0.6 is 0 Å². The smallest absolute Gasteiger partial charge is 0.231 e. The summed E-state index contributed by atoms with van der Waals surface area (Å²) in [5, 5.41) is 6.44. The first kappa shape index (κ1) is 14.1. The van der Waals surface area contributed by atoms with Crippen LogP contribution in [0.3, 0.4) is 0 Å².